The van der Waals surface area contributed by atoms with Crippen molar-refractivity contribution in [2.24, 2.45) is 0 Å². The van der Waals surface area contributed by atoms with Crippen LogP contribution in [0.15, 0.2) is 30.6 Å². The number of benzene rings is 1. The third-order valence-corrected chi connectivity index (χ3v) is 2.35. The number of hydrogen-bond acceptors (Lipinski definition) is 5. The van der Waals surface area contributed by atoms with E-state index in [1.54, 1.807) is 13.3 Å². The van der Waals surface area contributed by atoms with E-state index in [0.29, 0.717) is 11.6 Å². The number of rotatable bonds is 3. The minimum atomic E-state index is 0.390. The van der Waals surface area contributed by atoms with Crippen LogP contribution in [0.1, 0.15) is 5.56 Å². The van der Waals surface area contributed by atoms with Gasteiger partial charge in [0.15, 0.2) is 5.82 Å². The predicted octanol–water partition coefficient (Wildman–Crippen LogP) is 2.12. The molecule has 3 N–H and O–H groups in total. The number of nitrogens with zero attached hydrogens (tertiary/aromatic N) is 2. The standard InChI is InChI=1S/C12H14N4O/c1-8-5-9(17-2)3-4-10(8)15-12-7-14-6-11(13)16-12/h3-7H,1-2H3,(H3,13,15,16). The minimum absolute atomic E-state index is 0.390. The molecule has 5 nitrogen and oxygen atoms in total. The number of aryl methyl sites for hydroxylation is 1. The maximum atomic E-state index is 5.56. The summed E-state index contributed by atoms with van der Waals surface area (Å²) in [6, 6.07) is 5.76. The van der Waals surface area contributed by atoms with E-state index in [4.69, 9.17) is 10.5 Å². The van der Waals surface area contributed by atoms with Crippen molar-refractivity contribution >= 4 is 17.3 Å². The molecule has 1 aromatic carbocycles. The zero-order valence-corrected chi connectivity index (χ0v) is 9.77. The van der Waals surface area contributed by atoms with E-state index in [2.05, 4.69) is 15.3 Å². The van der Waals surface area contributed by atoms with Crippen molar-refractivity contribution in [2.45, 2.75) is 6.92 Å². The second-order valence-electron chi connectivity index (χ2n) is 3.64. The van der Waals surface area contributed by atoms with Crippen molar-refractivity contribution in [3.05, 3.63) is 36.2 Å². The summed E-state index contributed by atoms with van der Waals surface area (Å²) in [6.45, 7) is 1.99. The lowest BCUT2D eigenvalue weighted by molar-refractivity contribution is 0.414. The normalized spacial score (nSPS) is 10.0. The monoisotopic (exact) mass is 230 g/mol. The molecule has 0 amide bonds. The van der Waals surface area contributed by atoms with Gasteiger partial charge in [0.1, 0.15) is 11.6 Å². The number of nitrogens with one attached hydrogen (secondary N) is 1. The Morgan fingerprint density at radius 2 is 2.12 bits per heavy atom. The van der Waals surface area contributed by atoms with Crippen LogP contribution in [0.2, 0.25) is 0 Å². The molecule has 0 atom stereocenters. The first-order valence-electron chi connectivity index (χ1n) is 5.18. The van der Waals surface area contributed by atoms with Gasteiger partial charge in [-0.05, 0) is 30.7 Å². The van der Waals surface area contributed by atoms with Crippen molar-refractivity contribution < 1.29 is 4.74 Å². The maximum absolute atomic E-state index is 5.56. The lowest BCUT2D eigenvalue weighted by Gasteiger charge is -2.10. The first-order valence-corrected chi connectivity index (χ1v) is 5.18. The number of hydrogen-bond donors (Lipinski definition) is 2. The Labute approximate surface area is 99.7 Å². The molecule has 0 saturated heterocycles. The van der Waals surface area contributed by atoms with Crippen molar-refractivity contribution in [2.75, 3.05) is 18.2 Å². The first kappa shape index (κ1) is 11.2. The van der Waals surface area contributed by atoms with Gasteiger partial charge in [0.25, 0.3) is 0 Å². The molecular weight excluding hydrogens is 216 g/mol. The molecule has 88 valence electrons. The van der Waals surface area contributed by atoms with Gasteiger partial charge in [-0.25, -0.2) is 4.98 Å². The molecule has 17 heavy (non-hydrogen) atoms. The summed E-state index contributed by atoms with van der Waals surface area (Å²) in [5, 5.41) is 3.16. The summed E-state index contributed by atoms with van der Waals surface area (Å²) < 4.78 is 5.14. The predicted molar refractivity (Wildman–Crippen MR) is 67.5 cm³/mol. The first-order chi connectivity index (χ1) is 8.19. The summed E-state index contributed by atoms with van der Waals surface area (Å²) in [4.78, 5) is 8.09. The molecule has 5 heteroatoms. The highest BCUT2D eigenvalue weighted by atomic mass is 16.5. The van der Waals surface area contributed by atoms with E-state index < -0.39 is 0 Å². The number of methoxy groups -OCH3 is 1. The largest absolute Gasteiger partial charge is 0.497 e. The van der Waals surface area contributed by atoms with E-state index in [9.17, 15) is 0 Å². The summed E-state index contributed by atoms with van der Waals surface area (Å²) in [6.07, 6.45) is 3.13. The third-order valence-electron chi connectivity index (χ3n) is 2.35. The highest BCUT2D eigenvalue weighted by Crippen LogP contribution is 2.23. The van der Waals surface area contributed by atoms with E-state index in [-0.39, 0.29) is 0 Å². The van der Waals surface area contributed by atoms with Gasteiger partial charge in [-0.1, -0.05) is 0 Å². The van der Waals surface area contributed by atoms with Gasteiger partial charge in [-0.2, -0.15) is 0 Å². The minimum Gasteiger partial charge on any atom is -0.497 e. The Balaban J connectivity index is 2.24. The number of nitrogen functional groups attached to an aromatic ring is 1. The van der Waals surface area contributed by atoms with Gasteiger partial charge in [0.05, 0.1) is 19.5 Å². The zero-order valence-electron chi connectivity index (χ0n) is 9.77. The number of aromatic nitrogens is 2. The van der Waals surface area contributed by atoms with Gasteiger partial charge >= 0.3 is 0 Å². The van der Waals surface area contributed by atoms with E-state index >= 15 is 0 Å². The Hall–Kier alpha value is -2.30. The van der Waals surface area contributed by atoms with E-state index in [1.807, 2.05) is 25.1 Å². The summed E-state index contributed by atoms with van der Waals surface area (Å²) >= 11 is 0. The van der Waals surface area contributed by atoms with Crippen LogP contribution in [-0.2, 0) is 0 Å². The van der Waals surface area contributed by atoms with Gasteiger partial charge in [-0.15, -0.1) is 0 Å². The molecule has 0 saturated carbocycles. The summed E-state index contributed by atoms with van der Waals surface area (Å²) in [7, 11) is 1.64. The molecule has 0 bridgehead atoms. The molecule has 0 unspecified atom stereocenters. The quantitative estimate of drug-likeness (QED) is 0.844. The second kappa shape index (κ2) is 4.69. The van der Waals surface area contributed by atoms with Gasteiger partial charge in [0, 0.05) is 5.69 Å². The van der Waals surface area contributed by atoms with Crippen LogP contribution in [0.25, 0.3) is 0 Å². The highest BCUT2D eigenvalue weighted by molar-refractivity contribution is 5.61. The van der Waals surface area contributed by atoms with Crippen LogP contribution >= 0.6 is 0 Å². The van der Waals surface area contributed by atoms with Gasteiger partial charge in [-0.3, -0.25) is 4.98 Å². The third kappa shape index (κ3) is 2.63. The average molecular weight is 230 g/mol. The van der Waals surface area contributed by atoms with Crippen molar-refractivity contribution in [1.82, 2.24) is 9.97 Å². The van der Waals surface area contributed by atoms with Crippen molar-refractivity contribution in [3.63, 3.8) is 0 Å². The smallest absolute Gasteiger partial charge is 0.151 e. The van der Waals surface area contributed by atoms with Crippen LogP contribution < -0.4 is 15.8 Å². The molecule has 0 radical (unpaired) electrons. The second-order valence-corrected chi connectivity index (χ2v) is 3.64. The van der Waals surface area contributed by atoms with Crippen molar-refractivity contribution in [3.8, 4) is 5.75 Å². The fourth-order valence-electron chi connectivity index (χ4n) is 1.48. The SMILES string of the molecule is COc1ccc(Nc2cncc(N)n2)c(C)c1. The molecule has 0 aliphatic carbocycles. The molecule has 1 heterocycles. The van der Waals surface area contributed by atoms with Crippen LogP contribution in [-0.4, -0.2) is 17.1 Å². The van der Waals surface area contributed by atoms with Crippen LogP contribution in [0.3, 0.4) is 0 Å². The fourth-order valence-corrected chi connectivity index (χ4v) is 1.48. The van der Waals surface area contributed by atoms with Gasteiger partial charge in [0.2, 0.25) is 0 Å². The van der Waals surface area contributed by atoms with Gasteiger partial charge < -0.3 is 15.8 Å². The maximum Gasteiger partial charge on any atom is 0.151 e. The summed E-state index contributed by atoms with van der Waals surface area (Å²) in [5.74, 6) is 1.84. The fraction of sp³-hybridized carbons (Fsp3) is 0.167. The molecule has 0 fully saturated rings. The summed E-state index contributed by atoms with van der Waals surface area (Å²) in [5.41, 5.74) is 7.58. The van der Waals surface area contributed by atoms with E-state index in [1.165, 1.54) is 6.20 Å². The molecular formula is C12H14N4O. The highest BCUT2D eigenvalue weighted by Gasteiger charge is 2.02. The molecule has 2 aromatic rings. The van der Waals surface area contributed by atoms with Crippen LogP contribution in [0.4, 0.5) is 17.3 Å². The molecule has 0 spiro atoms. The lowest BCUT2D eigenvalue weighted by atomic mass is 10.2. The lowest BCUT2D eigenvalue weighted by Crippen LogP contribution is -1.99. The average Bonchev–Trinajstić information content (AvgIpc) is 2.32. The molecule has 2 rings (SSSR count). The zero-order chi connectivity index (χ0) is 12.3. The van der Waals surface area contributed by atoms with Crippen LogP contribution in [0, 0.1) is 6.92 Å². The Bertz CT molecular complexity index is 528. The Morgan fingerprint density at radius 1 is 1.29 bits per heavy atom. The Kier molecular flexibility index (Phi) is 3.09. The number of ether oxygens (including phenoxy) is 1. The van der Waals surface area contributed by atoms with Crippen molar-refractivity contribution in [1.29, 1.82) is 0 Å². The molecule has 0 aliphatic rings. The topological polar surface area (TPSA) is 73.1 Å². The number of nitrogens with two attached hydrogens (primary N) is 1. The van der Waals surface area contributed by atoms with E-state index in [0.717, 1.165) is 17.0 Å². The van der Waals surface area contributed by atoms with Crippen LogP contribution in [0.5, 0.6) is 5.75 Å². The number of anilines is 3. The Morgan fingerprint density at radius 3 is 2.76 bits per heavy atom. The molecule has 0 aliphatic heterocycles. The molecule has 1 aromatic heterocycles.